The molecule has 0 fully saturated rings. The molecule has 0 saturated carbocycles. The average molecular weight is 616 g/mol. The highest BCUT2D eigenvalue weighted by molar-refractivity contribution is 6.16. The number of likely N-dealkylation sites (N-methyl/N-ethyl adjacent to an activating group) is 1. The number of benzene rings is 6. The summed E-state index contributed by atoms with van der Waals surface area (Å²) in [7, 11) is 2.06. The van der Waals surface area contributed by atoms with Gasteiger partial charge in [-0.05, 0) is 84.1 Å². The number of carboxylic acid groups (broad SMARTS) is 1. The summed E-state index contributed by atoms with van der Waals surface area (Å²) >= 11 is 0. The standard InChI is InChI=1S/C42H33NO4/c1-23-22-42(3,4)43(5)35-20-37-33(18-31(23)35)40(29-16-10-11-17-30(29)41(45)46)34-19-32(36(44)21-38(34)47-37)39-27-14-8-6-12-25(27)24(2)26-13-7-9-15-28(26)39/h6-22H,1-5H3,(H,45,46). The van der Waals surface area contributed by atoms with E-state index in [-0.39, 0.29) is 16.5 Å². The predicted octanol–water partition coefficient (Wildman–Crippen LogP) is 10.2. The highest BCUT2D eigenvalue weighted by Gasteiger charge is 2.31. The Kier molecular flexibility index (Phi) is 6.22. The molecule has 3 aliphatic rings. The number of fused-ring (bicyclic) bond motifs is 5. The maximum Gasteiger partial charge on any atom is 0.336 e. The Hall–Kier alpha value is -5.68. The molecule has 0 radical (unpaired) electrons. The van der Waals surface area contributed by atoms with Crippen LogP contribution in [0.15, 0.2) is 112 Å². The number of allylic oxidation sites excluding steroid dienone is 1. The molecule has 0 bridgehead atoms. The van der Waals surface area contributed by atoms with Gasteiger partial charge in [0.2, 0.25) is 0 Å². The quantitative estimate of drug-likeness (QED) is 0.200. The van der Waals surface area contributed by atoms with Crippen LogP contribution in [-0.4, -0.2) is 23.7 Å². The molecule has 1 aliphatic carbocycles. The van der Waals surface area contributed by atoms with Crippen LogP contribution in [-0.2, 0) is 0 Å². The Bertz CT molecular complexity index is 2480. The molecule has 5 heteroatoms. The largest absolute Gasteiger partial charge is 0.478 e. The monoisotopic (exact) mass is 615 g/mol. The van der Waals surface area contributed by atoms with Gasteiger partial charge in [-0.15, -0.1) is 0 Å². The van der Waals surface area contributed by atoms with Gasteiger partial charge in [0.05, 0.1) is 11.1 Å². The van der Waals surface area contributed by atoms with E-state index in [9.17, 15) is 14.7 Å². The zero-order chi connectivity index (χ0) is 32.8. The lowest BCUT2D eigenvalue weighted by atomic mass is 9.84. The molecule has 0 unspecified atom stereocenters. The molecule has 1 N–H and O–H groups in total. The van der Waals surface area contributed by atoms with Crippen LogP contribution in [0.2, 0.25) is 0 Å². The van der Waals surface area contributed by atoms with Crippen molar-refractivity contribution in [2.24, 2.45) is 0 Å². The highest BCUT2D eigenvalue weighted by Crippen LogP contribution is 2.48. The predicted molar refractivity (Wildman–Crippen MR) is 193 cm³/mol. The van der Waals surface area contributed by atoms with E-state index in [2.05, 4.69) is 76.1 Å². The molecular formula is C42H33NO4. The maximum absolute atomic E-state index is 14.2. The molecule has 2 heterocycles. The van der Waals surface area contributed by atoms with Crippen molar-refractivity contribution in [3.63, 3.8) is 0 Å². The summed E-state index contributed by atoms with van der Waals surface area (Å²) in [5, 5.41) is 15.3. The summed E-state index contributed by atoms with van der Waals surface area (Å²) in [6.07, 6.45) is 2.25. The van der Waals surface area contributed by atoms with Crippen LogP contribution < -0.4 is 10.3 Å². The average Bonchev–Trinajstić information content (AvgIpc) is 3.06. The molecule has 230 valence electrons. The number of hydrogen-bond acceptors (Lipinski definition) is 4. The minimum absolute atomic E-state index is 0.160. The second-order valence-corrected chi connectivity index (χ2v) is 13.2. The SMILES string of the molecule is CC1=CC(C)(C)N(C)c2cc3oc4cc(=O)c(-c5c6ccccc6c(C)c6ccccc56)cc-4c(-c4ccccc4C(=O)O)c3cc21. The molecule has 2 aliphatic heterocycles. The van der Waals surface area contributed by atoms with Crippen LogP contribution in [0.4, 0.5) is 5.69 Å². The molecule has 0 atom stereocenters. The fourth-order valence-electron chi connectivity index (χ4n) is 7.57. The Morgan fingerprint density at radius 3 is 1.98 bits per heavy atom. The summed E-state index contributed by atoms with van der Waals surface area (Å²) in [4.78, 5) is 29.1. The summed E-state index contributed by atoms with van der Waals surface area (Å²) in [5.41, 5.74) is 8.14. The van der Waals surface area contributed by atoms with Gasteiger partial charge in [-0.25, -0.2) is 4.79 Å². The minimum Gasteiger partial charge on any atom is -0.478 e. The lowest BCUT2D eigenvalue weighted by molar-refractivity contribution is 0.0697. The van der Waals surface area contributed by atoms with E-state index >= 15 is 0 Å². The van der Waals surface area contributed by atoms with Crippen molar-refractivity contribution >= 4 is 49.7 Å². The van der Waals surface area contributed by atoms with Gasteiger partial charge in [-0.1, -0.05) is 72.8 Å². The molecule has 0 spiro atoms. The van der Waals surface area contributed by atoms with Gasteiger partial charge >= 0.3 is 5.97 Å². The first-order valence-electron chi connectivity index (χ1n) is 15.8. The third kappa shape index (κ3) is 4.23. The number of aryl methyl sites for hydroxylation is 1. The zero-order valence-electron chi connectivity index (χ0n) is 26.9. The minimum atomic E-state index is -1.02. The third-order valence-corrected chi connectivity index (χ3v) is 10.1. The number of aromatic carboxylic acids is 1. The molecule has 5 nitrogen and oxygen atoms in total. The lowest BCUT2D eigenvalue weighted by Gasteiger charge is -2.40. The van der Waals surface area contributed by atoms with Crippen LogP contribution in [0.1, 0.15) is 42.3 Å². The second kappa shape index (κ2) is 10.2. The van der Waals surface area contributed by atoms with Gasteiger partial charge in [0.15, 0.2) is 5.43 Å². The van der Waals surface area contributed by atoms with E-state index in [1.54, 1.807) is 18.2 Å². The summed E-state index contributed by atoms with van der Waals surface area (Å²) in [6.45, 7) is 8.56. The number of carboxylic acids is 1. The second-order valence-electron chi connectivity index (χ2n) is 13.2. The van der Waals surface area contributed by atoms with Gasteiger partial charge < -0.3 is 14.4 Å². The lowest BCUT2D eigenvalue weighted by Crippen LogP contribution is -2.42. The molecule has 0 amide bonds. The molecule has 47 heavy (non-hydrogen) atoms. The van der Waals surface area contributed by atoms with Crippen LogP contribution in [0.5, 0.6) is 0 Å². The molecule has 8 rings (SSSR count). The van der Waals surface area contributed by atoms with Crippen molar-refractivity contribution in [3.8, 4) is 33.6 Å². The van der Waals surface area contributed by atoms with Crippen LogP contribution in [0, 0.1) is 6.92 Å². The fourth-order valence-corrected chi connectivity index (χ4v) is 7.57. The Morgan fingerprint density at radius 2 is 1.32 bits per heavy atom. The number of nitrogens with zero attached hydrogens (tertiary/aromatic N) is 1. The van der Waals surface area contributed by atoms with Crippen molar-refractivity contribution in [3.05, 3.63) is 130 Å². The first kappa shape index (κ1) is 28.8. The molecule has 5 aromatic rings. The fraction of sp³-hybridized carbons (Fsp3) is 0.143. The normalized spacial score (nSPS) is 14.1. The summed E-state index contributed by atoms with van der Waals surface area (Å²) in [6, 6.07) is 31.1. The van der Waals surface area contributed by atoms with Crippen molar-refractivity contribution in [2.45, 2.75) is 33.2 Å². The van der Waals surface area contributed by atoms with Gasteiger partial charge in [0, 0.05) is 58.1 Å². The van der Waals surface area contributed by atoms with Gasteiger partial charge in [-0.3, -0.25) is 4.79 Å². The Labute approximate surface area is 272 Å². The van der Waals surface area contributed by atoms with E-state index < -0.39 is 5.97 Å². The highest BCUT2D eigenvalue weighted by atomic mass is 16.4. The molecular weight excluding hydrogens is 582 g/mol. The van der Waals surface area contributed by atoms with E-state index in [1.165, 1.54) is 0 Å². The first-order chi connectivity index (χ1) is 22.5. The summed E-state index contributed by atoms with van der Waals surface area (Å²) < 4.78 is 6.60. The number of carbonyl (C=O) groups is 1. The zero-order valence-corrected chi connectivity index (χ0v) is 26.9. The number of rotatable bonds is 3. The van der Waals surface area contributed by atoms with E-state index in [0.717, 1.165) is 60.4 Å². The molecule has 0 saturated heterocycles. The number of anilines is 1. The summed E-state index contributed by atoms with van der Waals surface area (Å²) in [5.74, 6) is -0.610. The Balaban J connectivity index is 1.55. The topological polar surface area (TPSA) is 70.8 Å². The van der Waals surface area contributed by atoms with Crippen molar-refractivity contribution in [1.82, 2.24) is 0 Å². The van der Waals surface area contributed by atoms with Crippen LogP contribution in [0.25, 0.3) is 71.7 Å². The molecule has 5 aromatic carbocycles. The van der Waals surface area contributed by atoms with E-state index in [0.29, 0.717) is 28.0 Å². The smallest absolute Gasteiger partial charge is 0.336 e. The first-order valence-corrected chi connectivity index (χ1v) is 15.8. The van der Waals surface area contributed by atoms with Gasteiger partial charge in [-0.2, -0.15) is 0 Å². The third-order valence-electron chi connectivity index (χ3n) is 10.1. The molecule has 0 aromatic heterocycles. The number of hydrogen-bond donors (Lipinski definition) is 1. The van der Waals surface area contributed by atoms with Crippen molar-refractivity contribution in [2.75, 3.05) is 11.9 Å². The van der Waals surface area contributed by atoms with Gasteiger partial charge in [0.1, 0.15) is 11.3 Å². The van der Waals surface area contributed by atoms with Crippen molar-refractivity contribution in [1.29, 1.82) is 0 Å². The van der Waals surface area contributed by atoms with E-state index in [1.807, 2.05) is 48.5 Å². The van der Waals surface area contributed by atoms with Crippen LogP contribution in [0.3, 0.4) is 0 Å². The maximum atomic E-state index is 14.2. The Morgan fingerprint density at radius 1 is 0.702 bits per heavy atom. The van der Waals surface area contributed by atoms with Gasteiger partial charge in [0.25, 0.3) is 0 Å². The van der Waals surface area contributed by atoms with E-state index in [4.69, 9.17) is 4.42 Å². The van der Waals surface area contributed by atoms with Crippen LogP contribution >= 0.6 is 0 Å². The van der Waals surface area contributed by atoms with Crippen molar-refractivity contribution < 1.29 is 14.3 Å².